The van der Waals surface area contributed by atoms with Crippen LogP contribution in [0.2, 0.25) is 6.04 Å². The zero-order valence-corrected chi connectivity index (χ0v) is 12.1. The Morgan fingerprint density at radius 2 is 1.20 bits per heavy atom. The van der Waals surface area contributed by atoms with Gasteiger partial charge in [-0.1, -0.05) is 14.9 Å². The monoisotopic (exact) mass is 357 g/mol. The van der Waals surface area contributed by atoms with Crippen molar-refractivity contribution in [1.82, 2.24) is 4.90 Å². The predicted molar refractivity (Wildman–Crippen MR) is 75.8 cm³/mol. The number of hydrogen-bond donors (Lipinski definition) is 7. The van der Waals surface area contributed by atoms with Crippen LogP contribution in [0.5, 0.6) is 0 Å². The van der Waals surface area contributed by atoms with E-state index < -0.39 is 36.6 Å². The fourth-order valence-electron chi connectivity index (χ4n) is 1.25. The van der Waals surface area contributed by atoms with Crippen molar-refractivity contribution in [3.63, 3.8) is 0 Å². The van der Waals surface area contributed by atoms with Gasteiger partial charge in [0.2, 0.25) is 0 Å². The minimum absolute atomic E-state index is 0. The second-order valence-corrected chi connectivity index (χ2v) is 9.16. The van der Waals surface area contributed by atoms with E-state index in [9.17, 15) is 9.13 Å². The topological polar surface area (TPSA) is 179 Å². The molecule has 0 aromatic rings. The second-order valence-electron chi connectivity index (χ2n) is 3.88. The van der Waals surface area contributed by atoms with Crippen molar-refractivity contribution >= 4 is 24.0 Å². The lowest BCUT2D eigenvalue weighted by Gasteiger charge is -2.23. The molecule has 0 aromatic carbocycles. The van der Waals surface area contributed by atoms with Crippen molar-refractivity contribution in [2.75, 3.05) is 19.1 Å². The molecule has 0 saturated carbocycles. The van der Waals surface area contributed by atoms with Crippen molar-refractivity contribution in [3.05, 3.63) is 0 Å². The molecule has 10 nitrogen and oxygen atoms in total. The molecule has 0 rings (SSSR count). The van der Waals surface area contributed by atoms with Gasteiger partial charge in [0.15, 0.2) is 0 Å². The average molecular weight is 357 g/mol. The van der Waals surface area contributed by atoms with Crippen LogP contribution in [-0.2, 0) is 9.13 Å². The van der Waals surface area contributed by atoms with Crippen LogP contribution in [0.3, 0.4) is 0 Å². The maximum Gasteiger partial charge on any atom is 0.492 e. The Labute approximate surface area is 119 Å². The second kappa shape index (κ2) is 9.39. The average Bonchev–Trinajstić information content (AvgIpc) is 1.93. The van der Waals surface area contributed by atoms with Crippen molar-refractivity contribution < 1.29 is 43.1 Å². The van der Waals surface area contributed by atoms with Crippen LogP contribution in [0.15, 0.2) is 0 Å². The summed E-state index contributed by atoms with van der Waals surface area (Å²) < 4.78 is 21.5. The Balaban J connectivity index is -0.00000144. The first-order chi connectivity index (χ1) is 7.79. The standard InChI is InChI=1S/C5H17NO9P2Si.2CH4/c7-16(8,9)4-6(5-17(10,11)12)2-1-3-18(13,14)15;;/h13-15H,1-5H2,(H2,7,8,9)(H2,10,11,12);2*1H4. The van der Waals surface area contributed by atoms with Crippen molar-refractivity contribution in [2.24, 2.45) is 0 Å². The van der Waals surface area contributed by atoms with Gasteiger partial charge in [-0.25, -0.2) is 0 Å². The van der Waals surface area contributed by atoms with Gasteiger partial charge in [-0.05, 0) is 13.0 Å². The Hall–Kier alpha value is 0.357. The van der Waals surface area contributed by atoms with Gasteiger partial charge in [-0.3, -0.25) is 14.0 Å². The van der Waals surface area contributed by atoms with Crippen molar-refractivity contribution in [1.29, 1.82) is 0 Å². The van der Waals surface area contributed by atoms with Crippen LogP contribution in [0.25, 0.3) is 0 Å². The molecule has 20 heavy (non-hydrogen) atoms. The summed E-state index contributed by atoms with van der Waals surface area (Å²) in [6.07, 6.45) is -1.76. The van der Waals surface area contributed by atoms with E-state index >= 15 is 0 Å². The molecule has 0 aliphatic carbocycles. The minimum atomic E-state index is -4.48. The van der Waals surface area contributed by atoms with E-state index in [0.717, 1.165) is 4.90 Å². The van der Waals surface area contributed by atoms with Crippen LogP contribution in [0, 0.1) is 0 Å². The molecule has 0 radical (unpaired) electrons. The molecule has 0 aliphatic heterocycles. The highest BCUT2D eigenvalue weighted by Crippen LogP contribution is 2.40. The largest absolute Gasteiger partial charge is 0.492 e. The summed E-state index contributed by atoms with van der Waals surface area (Å²) in [4.78, 5) is 61.9. The van der Waals surface area contributed by atoms with Gasteiger partial charge >= 0.3 is 24.0 Å². The Morgan fingerprint density at radius 3 is 1.45 bits per heavy atom. The molecule has 0 aromatic heterocycles. The zero-order chi connectivity index (χ0) is 14.6. The van der Waals surface area contributed by atoms with E-state index in [-0.39, 0.29) is 33.9 Å². The molecule has 0 atom stereocenters. The SMILES string of the molecule is C.C.O=P(O)(O)CN(CCC[Si](O)(O)O)CP(=O)(O)O. The lowest BCUT2D eigenvalue weighted by atomic mass is 10.4. The van der Waals surface area contributed by atoms with Crippen molar-refractivity contribution in [3.8, 4) is 0 Å². The number of nitrogens with zero attached hydrogens (tertiary/aromatic N) is 1. The third kappa shape index (κ3) is 18.4. The molecular weight excluding hydrogens is 332 g/mol. The molecule has 0 heterocycles. The van der Waals surface area contributed by atoms with E-state index in [0.29, 0.717) is 0 Å². The fraction of sp³-hybridized carbons (Fsp3) is 1.00. The lowest BCUT2D eigenvalue weighted by Crippen LogP contribution is -2.36. The summed E-state index contributed by atoms with van der Waals surface area (Å²) in [5.74, 6) is 0. The first kappa shape index (κ1) is 25.3. The van der Waals surface area contributed by atoms with Crippen LogP contribution < -0.4 is 0 Å². The first-order valence-corrected chi connectivity index (χ1v) is 10.4. The summed E-state index contributed by atoms with van der Waals surface area (Å²) in [5.41, 5.74) is 0. The van der Waals surface area contributed by atoms with Crippen LogP contribution in [-0.4, -0.2) is 66.8 Å². The smallest absolute Gasteiger partial charge is 0.390 e. The molecule has 0 unspecified atom stereocenters. The predicted octanol–water partition coefficient (Wildman–Crippen LogP) is -0.863. The Bertz CT molecular complexity index is 325. The highest BCUT2D eigenvalue weighted by atomic mass is 31.2. The molecule has 126 valence electrons. The normalized spacial score (nSPS) is 12.8. The maximum atomic E-state index is 10.7. The van der Waals surface area contributed by atoms with E-state index in [1.807, 2.05) is 0 Å². The third-order valence-electron chi connectivity index (χ3n) is 1.75. The van der Waals surface area contributed by atoms with E-state index in [4.69, 9.17) is 34.0 Å². The zero-order valence-electron chi connectivity index (χ0n) is 9.32. The van der Waals surface area contributed by atoms with Crippen LogP contribution in [0.4, 0.5) is 0 Å². The molecule has 0 aliphatic rings. The summed E-state index contributed by atoms with van der Waals surface area (Å²) in [7, 11) is -13.2. The van der Waals surface area contributed by atoms with Gasteiger partial charge < -0.3 is 34.0 Å². The van der Waals surface area contributed by atoms with Crippen molar-refractivity contribution in [2.45, 2.75) is 27.3 Å². The molecular formula is C7H25NO9P2Si. The maximum absolute atomic E-state index is 10.7. The quantitative estimate of drug-likeness (QED) is 0.213. The van der Waals surface area contributed by atoms with Crippen LogP contribution >= 0.6 is 15.2 Å². The molecule has 7 N–H and O–H groups in total. The Kier molecular flexibility index (Phi) is 11.9. The van der Waals surface area contributed by atoms with Crippen LogP contribution in [0.1, 0.15) is 21.3 Å². The molecule has 0 spiro atoms. The molecule has 0 saturated heterocycles. The van der Waals surface area contributed by atoms with E-state index in [1.54, 1.807) is 0 Å². The lowest BCUT2D eigenvalue weighted by molar-refractivity contribution is 0.221. The fourth-order valence-corrected chi connectivity index (χ4v) is 3.56. The number of hydrogen-bond acceptors (Lipinski definition) is 6. The first-order valence-electron chi connectivity index (χ1n) is 4.77. The summed E-state index contributed by atoms with van der Waals surface area (Å²) in [5, 5.41) is 0. The van der Waals surface area contributed by atoms with Gasteiger partial charge in [0.1, 0.15) is 12.6 Å². The molecule has 13 heteroatoms. The highest BCUT2D eigenvalue weighted by Gasteiger charge is 2.29. The number of rotatable bonds is 8. The van der Waals surface area contributed by atoms with Gasteiger partial charge in [0, 0.05) is 6.04 Å². The molecule has 0 bridgehead atoms. The summed E-state index contributed by atoms with van der Waals surface area (Å²) >= 11 is 0. The third-order valence-corrected chi connectivity index (χ3v) is 4.32. The highest BCUT2D eigenvalue weighted by molar-refractivity contribution is 7.52. The summed E-state index contributed by atoms with van der Waals surface area (Å²) in [6, 6.07) is -0.383. The van der Waals surface area contributed by atoms with Gasteiger partial charge in [-0.15, -0.1) is 0 Å². The minimum Gasteiger partial charge on any atom is -0.390 e. The Morgan fingerprint density at radius 1 is 0.850 bits per heavy atom. The van der Waals surface area contributed by atoms with Gasteiger partial charge in [0.05, 0.1) is 0 Å². The van der Waals surface area contributed by atoms with E-state index in [1.165, 1.54) is 0 Å². The molecule has 0 amide bonds. The molecule has 0 fully saturated rings. The van der Waals surface area contributed by atoms with Gasteiger partial charge in [-0.2, -0.15) is 0 Å². The van der Waals surface area contributed by atoms with Gasteiger partial charge in [0.25, 0.3) is 0 Å². The summed E-state index contributed by atoms with van der Waals surface area (Å²) in [6.45, 7) is -0.188. The van der Waals surface area contributed by atoms with E-state index in [2.05, 4.69) is 0 Å².